The summed E-state index contributed by atoms with van der Waals surface area (Å²) in [4.78, 5) is 3.54. The van der Waals surface area contributed by atoms with E-state index in [2.05, 4.69) is 15.8 Å². The zero-order valence-electron chi connectivity index (χ0n) is 13.7. The number of sulfonamides is 1. The van der Waals surface area contributed by atoms with E-state index in [0.29, 0.717) is 0 Å². The van der Waals surface area contributed by atoms with Gasteiger partial charge in [0, 0.05) is 23.1 Å². The lowest BCUT2D eigenvalue weighted by atomic mass is 9.95. The molecule has 1 aliphatic rings. The largest absolute Gasteiger partial charge is 0.358 e. The van der Waals surface area contributed by atoms with E-state index in [4.69, 9.17) is 0 Å². The first kappa shape index (κ1) is 16.3. The van der Waals surface area contributed by atoms with Gasteiger partial charge in [-0.3, -0.25) is 0 Å². The molecule has 1 aliphatic carbocycles. The van der Waals surface area contributed by atoms with E-state index in [-0.39, 0.29) is 11.4 Å². The molecule has 0 atom stereocenters. The smallest absolute Gasteiger partial charge is 0.240 e. The monoisotopic (exact) mass is 358 g/mol. The molecule has 0 unspecified atom stereocenters. The summed E-state index contributed by atoms with van der Waals surface area (Å²) in [5, 5.41) is 1.19. The Morgan fingerprint density at radius 2 is 1.80 bits per heavy atom. The van der Waals surface area contributed by atoms with Crippen LogP contribution in [0.4, 0.5) is 4.39 Å². The number of nitrogens with one attached hydrogen (secondary N) is 2. The molecule has 130 valence electrons. The van der Waals surface area contributed by atoms with Crippen LogP contribution in [0, 0.1) is 5.82 Å². The number of aromatic amines is 1. The number of halogens is 1. The van der Waals surface area contributed by atoms with E-state index >= 15 is 0 Å². The first-order chi connectivity index (χ1) is 12.0. The van der Waals surface area contributed by atoms with E-state index < -0.39 is 15.8 Å². The van der Waals surface area contributed by atoms with Crippen LogP contribution in [0.5, 0.6) is 0 Å². The van der Waals surface area contributed by atoms with Crippen molar-refractivity contribution >= 4 is 20.9 Å². The van der Waals surface area contributed by atoms with Crippen molar-refractivity contribution in [2.45, 2.75) is 37.1 Å². The quantitative estimate of drug-likeness (QED) is 0.748. The highest BCUT2D eigenvalue weighted by Crippen LogP contribution is 2.29. The van der Waals surface area contributed by atoms with Gasteiger partial charge in [0.25, 0.3) is 0 Å². The average Bonchev–Trinajstić information content (AvgIpc) is 2.98. The Kier molecular flexibility index (Phi) is 4.09. The Morgan fingerprint density at radius 3 is 2.60 bits per heavy atom. The van der Waals surface area contributed by atoms with Gasteiger partial charge in [-0.05, 0) is 73.2 Å². The summed E-state index contributed by atoms with van der Waals surface area (Å²) in [6, 6.07) is 10.8. The zero-order valence-corrected chi connectivity index (χ0v) is 14.5. The van der Waals surface area contributed by atoms with Gasteiger partial charge >= 0.3 is 0 Å². The van der Waals surface area contributed by atoms with E-state index in [0.717, 1.165) is 36.1 Å². The van der Waals surface area contributed by atoms with Gasteiger partial charge in [0.05, 0.1) is 4.90 Å². The van der Waals surface area contributed by atoms with Gasteiger partial charge in [-0.15, -0.1) is 0 Å². The number of hydrogen-bond donors (Lipinski definition) is 2. The van der Waals surface area contributed by atoms with Crippen LogP contribution in [-0.4, -0.2) is 13.4 Å². The fraction of sp³-hybridized carbons (Fsp3) is 0.263. The molecule has 2 aromatic carbocycles. The molecule has 0 radical (unpaired) electrons. The maximum absolute atomic E-state index is 13.0. The van der Waals surface area contributed by atoms with E-state index in [1.165, 1.54) is 41.6 Å². The first-order valence-corrected chi connectivity index (χ1v) is 9.89. The molecule has 3 aromatic rings. The van der Waals surface area contributed by atoms with Gasteiger partial charge in [-0.1, -0.05) is 6.07 Å². The Bertz CT molecular complexity index is 1020. The molecule has 0 bridgehead atoms. The van der Waals surface area contributed by atoms with Crippen molar-refractivity contribution in [3.8, 4) is 0 Å². The third-order valence-electron chi connectivity index (χ3n) is 4.75. The second kappa shape index (κ2) is 6.28. The van der Waals surface area contributed by atoms with Crippen LogP contribution >= 0.6 is 0 Å². The Morgan fingerprint density at radius 1 is 1.04 bits per heavy atom. The van der Waals surface area contributed by atoms with Crippen molar-refractivity contribution in [1.29, 1.82) is 0 Å². The first-order valence-electron chi connectivity index (χ1n) is 8.40. The van der Waals surface area contributed by atoms with E-state index in [1.807, 2.05) is 12.1 Å². The van der Waals surface area contributed by atoms with Gasteiger partial charge in [0.1, 0.15) is 5.82 Å². The molecule has 0 amide bonds. The molecule has 0 fully saturated rings. The molecule has 0 saturated carbocycles. The summed E-state index contributed by atoms with van der Waals surface area (Å²) < 4.78 is 40.2. The molecule has 4 rings (SSSR count). The average molecular weight is 358 g/mol. The third kappa shape index (κ3) is 3.19. The van der Waals surface area contributed by atoms with Crippen molar-refractivity contribution in [2.24, 2.45) is 0 Å². The van der Waals surface area contributed by atoms with Crippen LogP contribution in [0.3, 0.4) is 0 Å². The lowest BCUT2D eigenvalue weighted by Gasteiger charge is -2.11. The summed E-state index contributed by atoms with van der Waals surface area (Å²) in [5.74, 6) is -0.457. The standard InChI is InChI=1S/C19H19FN2O2S/c20-14-6-8-15(9-7-14)25(23,24)21-12-13-5-10-19-17(11-13)16-3-1-2-4-18(16)22-19/h5-11,21-22H,1-4,12H2. The molecule has 4 nitrogen and oxygen atoms in total. The second-order valence-corrected chi connectivity index (χ2v) is 8.21. The van der Waals surface area contributed by atoms with Gasteiger partial charge in [-0.25, -0.2) is 17.5 Å². The van der Waals surface area contributed by atoms with Crippen molar-refractivity contribution in [2.75, 3.05) is 0 Å². The second-order valence-electron chi connectivity index (χ2n) is 6.45. The van der Waals surface area contributed by atoms with Crippen LogP contribution < -0.4 is 4.72 Å². The third-order valence-corrected chi connectivity index (χ3v) is 6.17. The molecule has 0 aliphatic heterocycles. The minimum absolute atomic E-state index is 0.0639. The molecule has 1 heterocycles. The van der Waals surface area contributed by atoms with Crippen LogP contribution in [0.25, 0.3) is 10.9 Å². The van der Waals surface area contributed by atoms with E-state index in [9.17, 15) is 12.8 Å². The molecular formula is C19H19FN2O2S. The lowest BCUT2D eigenvalue weighted by Crippen LogP contribution is -2.23. The Hall–Kier alpha value is -2.18. The summed E-state index contributed by atoms with van der Waals surface area (Å²) in [6.45, 7) is 0.204. The predicted octanol–water partition coefficient (Wildman–Crippen LogP) is 3.66. The summed E-state index contributed by atoms with van der Waals surface area (Å²) in [5.41, 5.74) is 4.69. The normalized spacial score (nSPS) is 14.6. The highest BCUT2D eigenvalue weighted by Gasteiger charge is 2.17. The van der Waals surface area contributed by atoms with Gasteiger partial charge in [0.15, 0.2) is 0 Å². The molecule has 0 spiro atoms. The highest BCUT2D eigenvalue weighted by molar-refractivity contribution is 7.89. The molecule has 0 saturated heterocycles. The number of rotatable bonds is 4. The van der Waals surface area contributed by atoms with Crippen LogP contribution in [0.15, 0.2) is 47.4 Å². The molecule has 25 heavy (non-hydrogen) atoms. The molecule has 2 N–H and O–H groups in total. The minimum atomic E-state index is -3.66. The zero-order chi connectivity index (χ0) is 17.4. The van der Waals surface area contributed by atoms with Crippen LogP contribution in [0.1, 0.15) is 29.7 Å². The van der Waals surface area contributed by atoms with Gasteiger partial charge < -0.3 is 4.98 Å². The minimum Gasteiger partial charge on any atom is -0.358 e. The maximum Gasteiger partial charge on any atom is 0.240 e. The van der Waals surface area contributed by atoms with Crippen molar-refractivity contribution in [1.82, 2.24) is 9.71 Å². The number of hydrogen-bond acceptors (Lipinski definition) is 2. The fourth-order valence-electron chi connectivity index (χ4n) is 3.44. The topological polar surface area (TPSA) is 62.0 Å². The summed E-state index contributed by atoms with van der Waals surface area (Å²) >= 11 is 0. The number of aryl methyl sites for hydroxylation is 2. The van der Waals surface area contributed by atoms with Gasteiger partial charge in [-0.2, -0.15) is 0 Å². The fourth-order valence-corrected chi connectivity index (χ4v) is 4.46. The number of fused-ring (bicyclic) bond motifs is 3. The van der Waals surface area contributed by atoms with Crippen LogP contribution in [0.2, 0.25) is 0 Å². The molecule has 6 heteroatoms. The van der Waals surface area contributed by atoms with Gasteiger partial charge in [0.2, 0.25) is 10.0 Å². The lowest BCUT2D eigenvalue weighted by molar-refractivity contribution is 0.580. The maximum atomic E-state index is 13.0. The van der Waals surface area contributed by atoms with Crippen LogP contribution in [-0.2, 0) is 29.4 Å². The number of benzene rings is 2. The Balaban J connectivity index is 1.57. The summed E-state index contributed by atoms with van der Waals surface area (Å²) in [7, 11) is -3.66. The number of H-pyrrole nitrogens is 1. The van der Waals surface area contributed by atoms with E-state index in [1.54, 1.807) is 0 Å². The van der Waals surface area contributed by atoms with Crippen molar-refractivity contribution in [3.63, 3.8) is 0 Å². The number of aromatic nitrogens is 1. The predicted molar refractivity (Wildman–Crippen MR) is 95.4 cm³/mol. The van der Waals surface area contributed by atoms with Crippen molar-refractivity contribution < 1.29 is 12.8 Å². The molecular weight excluding hydrogens is 339 g/mol. The Labute approximate surface area is 146 Å². The summed E-state index contributed by atoms with van der Waals surface area (Å²) in [6.07, 6.45) is 4.56. The highest BCUT2D eigenvalue weighted by atomic mass is 32.2. The SMILES string of the molecule is O=S(=O)(NCc1ccc2[nH]c3c(c2c1)CCCC3)c1ccc(F)cc1. The molecule has 1 aromatic heterocycles. The van der Waals surface area contributed by atoms with Crippen molar-refractivity contribution in [3.05, 3.63) is 65.1 Å².